The van der Waals surface area contributed by atoms with Crippen molar-refractivity contribution in [1.29, 1.82) is 0 Å². The number of nitrogens with two attached hydrogens (primary N) is 1. The Morgan fingerprint density at radius 2 is 2.33 bits per heavy atom. The number of ether oxygens (including phenoxy) is 1. The van der Waals surface area contributed by atoms with Crippen LogP contribution in [-0.2, 0) is 15.3 Å². The van der Waals surface area contributed by atoms with Crippen molar-refractivity contribution in [3.05, 3.63) is 29.8 Å². The van der Waals surface area contributed by atoms with Gasteiger partial charge in [-0.05, 0) is 24.6 Å². The van der Waals surface area contributed by atoms with Crippen LogP contribution in [0.5, 0.6) is 0 Å². The van der Waals surface area contributed by atoms with Crippen LogP contribution in [0.1, 0.15) is 12.5 Å². The van der Waals surface area contributed by atoms with Gasteiger partial charge in [0.05, 0.1) is 12.6 Å². The molecule has 1 amide bonds. The molecular weight excluding hydrogens is 248 g/mol. The van der Waals surface area contributed by atoms with Crippen LogP contribution < -0.4 is 11.1 Å². The highest BCUT2D eigenvalue weighted by Gasteiger charge is 2.07. The molecule has 0 saturated carbocycles. The first kappa shape index (κ1) is 15.0. The lowest BCUT2D eigenvalue weighted by atomic mass is 10.2. The maximum atomic E-state index is 11.5. The second-order valence-electron chi connectivity index (χ2n) is 4.02. The molecule has 1 aromatic carbocycles. The first-order chi connectivity index (χ1) is 8.63. The smallest absolute Gasteiger partial charge is 0.240 e. The van der Waals surface area contributed by atoms with Gasteiger partial charge in [-0.1, -0.05) is 12.1 Å². The van der Waals surface area contributed by atoms with Crippen molar-refractivity contribution < 1.29 is 9.53 Å². The van der Waals surface area contributed by atoms with Gasteiger partial charge in [0.25, 0.3) is 0 Å². The summed E-state index contributed by atoms with van der Waals surface area (Å²) in [4.78, 5) is 11.5. The van der Waals surface area contributed by atoms with Crippen molar-refractivity contribution in [2.24, 2.45) is 5.73 Å². The minimum absolute atomic E-state index is 0.167. The van der Waals surface area contributed by atoms with Gasteiger partial charge in [-0.2, -0.15) is 11.8 Å². The lowest BCUT2D eigenvalue weighted by Gasteiger charge is -2.09. The number of nitrogens with one attached hydrogen (secondary N) is 1. The van der Waals surface area contributed by atoms with Gasteiger partial charge in [-0.15, -0.1) is 0 Å². The molecule has 3 N–H and O–H groups in total. The van der Waals surface area contributed by atoms with Gasteiger partial charge in [0.1, 0.15) is 0 Å². The molecule has 0 aliphatic rings. The summed E-state index contributed by atoms with van der Waals surface area (Å²) in [5.41, 5.74) is 7.48. The molecule has 100 valence electrons. The molecule has 0 aliphatic heterocycles. The summed E-state index contributed by atoms with van der Waals surface area (Å²) < 4.78 is 4.99. The fraction of sp³-hybridized carbons (Fsp3) is 0.462. The van der Waals surface area contributed by atoms with Crippen molar-refractivity contribution in [3.8, 4) is 0 Å². The minimum Gasteiger partial charge on any atom is -0.384 e. The van der Waals surface area contributed by atoms with Crippen LogP contribution in [0.2, 0.25) is 0 Å². The van der Waals surface area contributed by atoms with Crippen LogP contribution in [-0.4, -0.2) is 31.4 Å². The van der Waals surface area contributed by atoms with Gasteiger partial charge >= 0.3 is 0 Å². The fourth-order valence-electron chi connectivity index (χ4n) is 1.33. The number of carbonyl (C=O) groups excluding carboxylic acids is 1. The van der Waals surface area contributed by atoms with Crippen LogP contribution in [0.3, 0.4) is 0 Å². The number of amides is 1. The summed E-state index contributed by atoms with van der Waals surface area (Å²) in [6.07, 6.45) is 0. The number of methoxy groups -OCH3 is 1. The van der Waals surface area contributed by atoms with Gasteiger partial charge in [-0.3, -0.25) is 4.79 Å². The average Bonchev–Trinajstić information content (AvgIpc) is 2.35. The molecule has 1 aromatic rings. The van der Waals surface area contributed by atoms with E-state index in [0.717, 1.165) is 23.8 Å². The first-order valence-corrected chi connectivity index (χ1v) is 7.01. The van der Waals surface area contributed by atoms with E-state index in [1.54, 1.807) is 25.8 Å². The van der Waals surface area contributed by atoms with Crippen LogP contribution in [0.4, 0.5) is 5.69 Å². The number of anilines is 1. The molecule has 0 unspecified atom stereocenters. The van der Waals surface area contributed by atoms with Crippen molar-refractivity contribution in [2.45, 2.75) is 18.7 Å². The third-order valence-electron chi connectivity index (χ3n) is 2.31. The number of benzene rings is 1. The Labute approximate surface area is 112 Å². The van der Waals surface area contributed by atoms with Crippen molar-refractivity contribution in [2.75, 3.05) is 24.8 Å². The molecule has 0 fully saturated rings. The molecule has 0 spiro atoms. The molecule has 0 heterocycles. The third kappa shape index (κ3) is 5.53. The van der Waals surface area contributed by atoms with E-state index in [2.05, 4.69) is 5.32 Å². The summed E-state index contributed by atoms with van der Waals surface area (Å²) in [6.45, 7) is 2.42. The average molecular weight is 268 g/mol. The maximum Gasteiger partial charge on any atom is 0.240 e. The van der Waals surface area contributed by atoms with E-state index >= 15 is 0 Å². The number of hydrogen-bond donors (Lipinski definition) is 2. The summed E-state index contributed by atoms with van der Waals surface area (Å²) in [5.74, 6) is 1.71. The maximum absolute atomic E-state index is 11.5. The largest absolute Gasteiger partial charge is 0.384 e. The summed E-state index contributed by atoms with van der Waals surface area (Å²) in [6, 6.07) is 7.32. The minimum atomic E-state index is -0.496. The Bertz CT molecular complexity index is 383. The topological polar surface area (TPSA) is 64.3 Å². The van der Waals surface area contributed by atoms with E-state index in [0.29, 0.717) is 0 Å². The van der Waals surface area contributed by atoms with Crippen LogP contribution in [0.25, 0.3) is 0 Å². The Morgan fingerprint density at radius 3 is 3.00 bits per heavy atom. The van der Waals surface area contributed by atoms with Crippen molar-refractivity contribution >= 4 is 23.4 Å². The molecular formula is C13H20N2O2S. The summed E-state index contributed by atoms with van der Waals surface area (Å²) in [5, 5.41) is 2.79. The zero-order chi connectivity index (χ0) is 13.4. The van der Waals surface area contributed by atoms with Crippen LogP contribution in [0.15, 0.2) is 24.3 Å². The highest BCUT2D eigenvalue weighted by Crippen LogP contribution is 2.16. The molecule has 5 heteroatoms. The quantitative estimate of drug-likeness (QED) is 0.741. The third-order valence-corrected chi connectivity index (χ3v) is 3.30. The zero-order valence-corrected chi connectivity index (χ0v) is 11.6. The first-order valence-electron chi connectivity index (χ1n) is 5.85. The Morgan fingerprint density at radius 1 is 1.56 bits per heavy atom. The van der Waals surface area contributed by atoms with Crippen molar-refractivity contribution in [3.63, 3.8) is 0 Å². The van der Waals surface area contributed by atoms with E-state index in [-0.39, 0.29) is 5.91 Å². The van der Waals surface area contributed by atoms with Crippen molar-refractivity contribution in [1.82, 2.24) is 0 Å². The number of carbonyl (C=O) groups is 1. The van der Waals surface area contributed by atoms with E-state index < -0.39 is 6.04 Å². The Kier molecular flexibility index (Phi) is 6.78. The van der Waals surface area contributed by atoms with Gasteiger partial charge in [0.15, 0.2) is 0 Å². The number of hydrogen-bond acceptors (Lipinski definition) is 4. The predicted octanol–water partition coefficient (Wildman–Crippen LogP) is 1.85. The lowest BCUT2D eigenvalue weighted by Crippen LogP contribution is -2.32. The van der Waals surface area contributed by atoms with Crippen LogP contribution >= 0.6 is 11.8 Å². The zero-order valence-electron chi connectivity index (χ0n) is 10.8. The second-order valence-corrected chi connectivity index (χ2v) is 5.13. The predicted molar refractivity (Wildman–Crippen MR) is 76.8 cm³/mol. The van der Waals surface area contributed by atoms with E-state index in [4.69, 9.17) is 10.5 Å². The summed E-state index contributed by atoms with van der Waals surface area (Å²) in [7, 11) is 1.70. The van der Waals surface area contributed by atoms with Gasteiger partial charge in [-0.25, -0.2) is 0 Å². The molecule has 0 radical (unpaired) electrons. The van der Waals surface area contributed by atoms with Gasteiger partial charge in [0, 0.05) is 24.3 Å². The van der Waals surface area contributed by atoms with Crippen LogP contribution in [0, 0.1) is 0 Å². The highest BCUT2D eigenvalue weighted by atomic mass is 32.2. The van der Waals surface area contributed by atoms with Gasteiger partial charge in [0.2, 0.25) is 5.91 Å². The molecule has 1 rings (SSSR count). The molecule has 0 bridgehead atoms. The Balaban J connectivity index is 2.49. The fourth-order valence-corrected chi connectivity index (χ4v) is 2.17. The van der Waals surface area contributed by atoms with Gasteiger partial charge < -0.3 is 15.8 Å². The van der Waals surface area contributed by atoms with E-state index in [9.17, 15) is 4.79 Å². The molecule has 4 nitrogen and oxygen atoms in total. The monoisotopic (exact) mass is 268 g/mol. The highest BCUT2D eigenvalue weighted by molar-refractivity contribution is 7.98. The SMILES string of the molecule is COCCSCc1cccc(NC(=O)[C@H](C)N)c1. The lowest BCUT2D eigenvalue weighted by molar-refractivity contribution is -0.117. The number of thioether (sulfide) groups is 1. The standard InChI is InChI=1S/C13H20N2O2S/c1-10(14)13(16)15-12-5-3-4-11(8-12)9-18-7-6-17-2/h3-5,8,10H,6-7,9,14H2,1-2H3,(H,15,16)/t10-/m0/s1. The summed E-state index contributed by atoms with van der Waals surface area (Å²) >= 11 is 1.80. The molecule has 0 aliphatic carbocycles. The van der Waals surface area contributed by atoms with E-state index in [1.165, 1.54) is 5.56 Å². The molecule has 18 heavy (non-hydrogen) atoms. The molecule has 0 aromatic heterocycles. The van der Waals surface area contributed by atoms with E-state index in [1.807, 2.05) is 24.3 Å². The second kappa shape index (κ2) is 8.13. The number of rotatable bonds is 7. The molecule has 0 saturated heterocycles. The Hall–Kier alpha value is -1.04. The molecule has 1 atom stereocenters. The normalized spacial score (nSPS) is 12.2.